The van der Waals surface area contributed by atoms with E-state index in [1.54, 1.807) is 0 Å². The highest BCUT2D eigenvalue weighted by molar-refractivity contribution is 8.26. The van der Waals surface area contributed by atoms with Crippen molar-refractivity contribution in [2.24, 2.45) is 0 Å². The zero-order valence-electron chi connectivity index (χ0n) is 9.87. The maximum atomic E-state index is 13.1. The van der Waals surface area contributed by atoms with E-state index >= 15 is 0 Å². The number of rotatable bonds is 3. The van der Waals surface area contributed by atoms with E-state index in [0.717, 1.165) is 28.8 Å². The number of hydrogen-bond acceptors (Lipinski definition) is 5. The highest BCUT2D eigenvalue weighted by Gasteiger charge is 2.33. The first-order valence-electron chi connectivity index (χ1n) is 5.34. The molecule has 1 aromatic rings. The topological polar surface area (TPSA) is 77.8 Å². The highest BCUT2D eigenvalue weighted by atomic mass is 32.2. The summed E-state index contributed by atoms with van der Waals surface area (Å²) in [4.78, 5) is 23.7. The molecule has 2 N–H and O–H groups in total. The van der Waals surface area contributed by atoms with Crippen LogP contribution in [0.1, 0.15) is 5.56 Å². The molecule has 0 radical (unpaired) electrons. The van der Waals surface area contributed by atoms with Crippen molar-refractivity contribution in [2.45, 2.75) is 0 Å². The number of aliphatic carboxylic acids is 1. The molecular weight excluding hydrogens is 305 g/mol. The van der Waals surface area contributed by atoms with Crippen LogP contribution in [0.3, 0.4) is 0 Å². The molecule has 0 aromatic heterocycles. The molecule has 104 valence electrons. The van der Waals surface area contributed by atoms with Crippen LogP contribution in [0.25, 0.3) is 6.08 Å². The van der Waals surface area contributed by atoms with Gasteiger partial charge >= 0.3 is 5.97 Å². The van der Waals surface area contributed by atoms with Gasteiger partial charge in [-0.05, 0) is 24.3 Å². The van der Waals surface area contributed by atoms with Gasteiger partial charge in [-0.15, -0.1) is 0 Å². The van der Waals surface area contributed by atoms with E-state index in [-0.39, 0.29) is 20.5 Å². The summed E-state index contributed by atoms with van der Waals surface area (Å²) in [5.74, 6) is -2.51. The van der Waals surface area contributed by atoms with E-state index in [9.17, 15) is 19.1 Å². The lowest BCUT2D eigenvalue weighted by Gasteiger charge is -2.10. The van der Waals surface area contributed by atoms with Crippen LogP contribution in [-0.2, 0) is 9.59 Å². The first-order chi connectivity index (χ1) is 9.38. The Morgan fingerprint density at radius 3 is 2.85 bits per heavy atom. The molecule has 1 heterocycles. The number of amides is 1. The van der Waals surface area contributed by atoms with Crippen molar-refractivity contribution < 1.29 is 24.2 Å². The summed E-state index contributed by atoms with van der Waals surface area (Å²) in [6, 6.07) is 3.32. The molecule has 0 unspecified atom stereocenters. The van der Waals surface area contributed by atoms with Crippen LogP contribution >= 0.6 is 24.0 Å². The number of hydrogen-bond donors (Lipinski definition) is 2. The molecule has 1 fully saturated rings. The molecular formula is C12H8FNO4S2. The van der Waals surface area contributed by atoms with Gasteiger partial charge in [0.05, 0.1) is 4.91 Å². The largest absolute Gasteiger partial charge is 0.507 e. The first kappa shape index (κ1) is 14.5. The van der Waals surface area contributed by atoms with Crippen molar-refractivity contribution in [1.29, 1.82) is 0 Å². The van der Waals surface area contributed by atoms with Gasteiger partial charge in [-0.3, -0.25) is 14.5 Å². The molecule has 0 bridgehead atoms. The molecule has 8 heteroatoms. The van der Waals surface area contributed by atoms with Crippen molar-refractivity contribution >= 4 is 46.3 Å². The van der Waals surface area contributed by atoms with Crippen LogP contribution in [0.4, 0.5) is 4.39 Å². The second kappa shape index (κ2) is 5.59. The van der Waals surface area contributed by atoms with Crippen LogP contribution < -0.4 is 0 Å². The predicted molar refractivity (Wildman–Crippen MR) is 75.6 cm³/mol. The van der Waals surface area contributed by atoms with E-state index in [4.69, 9.17) is 17.3 Å². The van der Waals surface area contributed by atoms with Gasteiger partial charge in [0.1, 0.15) is 22.4 Å². The summed E-state index contributed by atoms with van der Waals surface area (Å²) in [5, 5.41) is 18.3. The smallest absolute Gasteiger partial charge is 0.323 e. The number of thioether (sulfide) groups is 1. The van der Waals surface area contributed by atoms with E-state index in [1.807, 2.05) is 0 Å². The fourth-order valence-electron chi connectivity index (χ4n) is 1.55. The number of nitrogens with zero attached hydrogens (tertiary/aromatic N) is 1. The Bertz CT molecular complexity index is 644. The second-order valence-electron chi connectivity index (χ2n) is 3.86. The molecule has 1 aromatic carbocycles. The first-order valence-corrected chi connectivity index (χ1v) is 6.56. The number of phenolic OH excluding ortho intramolecular Hbond substituents is 1. The fraction of sp³-hybridized carbons (Fsp3) is 0.0833. The Balaban J connectivity index is 2.32. The maximum Gasteiger partial charge on any atom is 0.323 e. The van der Waals surface area contributed by atoms with Gasteiger partial charge in [0.25, 0.3) is 5.91 Å². The van der Waals surface area contributed by atoms with Crippen LogP contribution in [0, 0.1) is 5.82 Å². The number of thiocarbonyl (C=S) groups is 1. The van der Waals surface area contributed by atoms with Crippen molar-refractivity contribution in [1.82, 2.24) is 4.90 Å². The molecule has 1 aliphatic rings. The van der Waals surface area contributed by atoms with Crippen molar-refractivity contribution in [3.05, 3.63) is 34.5 Å². The quantitative estimate of drug-likeness (QED) is 0.655. The van der Waals surface area contributed by atoms with E-state index < -0.39 is 24.2 Å². The Morgan fingerprint density at radius 2 is 2.20 bits per heavy atom. The Hall–Kier alpha value is -1.93. The molecule has 5 nitrogen and oxygen atoms in total. The number of aromatic hydroxyl groups is 1. The molecule has 1 aliphatic heterocycles. The number of carboxylic acids is 1. The SMILES string of the molecule is O=C(O)CN1C(=O)C(=Cc2cc(F)ccc2O)SC1=S. The molecule has 0 spiro atoms. The van der Waals surface area contributed by atoms with Gasteiger partial charge in [-0.2, -0.15) is 0 Å². The number of carbonyl (C=O) groups excluding carboxylic acids is 1. The lowest BCUT2D eigenvalue weighted by Crippen LogP contribution is -2.33. The number of carbonyl (C=O) groups is 2. The van der Waals surface area contributed by atoms with E-state index in [1.165, 1.54) is 12.1 Å². The summed E-state index contributed by atoms with van der Waals surface area (Å²) in [5.41, 5.74) is 0.126. The summed E-state index contributed by atoms with van der Waals surface area (Å²) >= 11 is 5.82. The molecule has 0 saturated carbocycles. The predicted octanol–water partition coefficient (Wildman–Crippen LogP) is 1.82. The summed E-state index contributed by atoms with van der Waals surface area (Å²) < 4.78 is 13.2. The number of halogens is 1. The molecule has 0 aliphatic carbocycles. The normalized spacial score (nSPS) is 17.1. The number of benzene rings is 1. The van der Waals surface area contributed by atoms with Crippen LogP contribution in [0.2, 0.25) is 0 Å². The lowest BCUT2D eigenvalue weighted by atomic mass is 10.2. The second-order valence-corrected chi connectivity index (χ2v) is 5.54. The third kappa shape index (κ3) is 2.97. The molecule has 2 rings (SSSR count). The summed E-state index contributed by atoms with van der Waals surface area (Å²) in [6.07, 6.45) is 1.28. The average Bonchev–Trinajstić information content (AvgIpc) is 2.61. The van der Waals surface area contributed by atoms with Crippen molar-refractivity contribution in [3.63, 3.8) is 0 Å². The van der Waals surface area contributed by atoms with E-state index in [0.29, 0.717) is 0 Å². The monoisotopic (exact) mass is 313 g/mol. The third-order valence-corrected chi connectivity index (χ3v) is 3.82. The minimum Gasteiger partial charge on any atom is -0.507 e. The standard InChI is InChI=1S/C12H8FNO4S2/c13-7-1-2-8(15)6(3-7)4-9-11(18)14(5-10(16)17)12(19)20-9/h1-4,15H,5H2,(H,16,17). The maximum absolute atomic E-state index is 13.1. The van der Waals surface area contributed by atoms with Gasteiger partial charge in [0, 0.05) is 5.56 Å². The van der Waals surface area contributed by atoms with Gasteiger partial charge < -0.3 is 10.2 Å². The van der Waals surface area contributed by atoms with E-state index in [2.05, 4.69) is 0 Å². The number of phenols is 1. The Labute approximate surface area is 122 Å². The molecule has 1 saturated heterocycles. The van der Waals surface area contributed by atoms with Crippen molar-refractivity contribution in [2.75, 3.05) is 6.54 Å². The van der Waals surface area contributed by atoms with Gasteiger partial charge in [0.2, 0.25) is 0 Å². The molecule has 20 heavy (non-hydrogen) atoms. The zero-order valence-corrected chi connectivity index (χ0v) is 11.5. The van der Waals surface area contributed by atoms with Crippen LogP contribution in [0.5, 0.6) is 5.75 Å². The fourth-order valence-corrected chi connectivity index (χ4v) is 2.80. The number of carboxylic acid groups (broad SMARTS) is 1. The van der Waals surface area contributed by atoms with Crippen LogP contribution in [-0.4, -0.2) is 37.9 Å². The Morgan fingerprint density at radius 1 is 1.50 bits per heavy atom. The van der Waals surface area contributed by atoms with Gasteiger partial charge in [0.15, 0.2) is 0 Å². The minimum absolute atomic E-state index is 0.111. The molecule has 1 amide bonds. The lowest BCUT2D eigenvalue weighted by molar-refractivity contribution is -0.140. The van der Waals surface area contributed by atoms with Crippen molar-refractivity contribution in [3.8, 4) is 5.75 Å². The Kier molecular flexibility index (Phi) is 4.05. The highest BCUT2D eigenvalue weighted by Crippen LogP contribution is 2.33. The zero-order chi connectivity index (χ0) is 14.9. The average molecular weight is 313 g/mol. The summed E-state index contributed by atoms with van der Waals surface area (Å²) in [7, 11) is 0. The minimum atomic E-state index is -1.18. The third-order valence-electron chi connectivity index (χ3n) is 2.44. The van der Waals surface area contributed by atoms with Crippen LogP contribution in [0.15, 0.2) is 23.1 Å². The molecule has 0 atom stereocenters. The van der Waals surface area contributed by atoms with Gasteiger partial charge in [-0.1, -0.05) is 24.0 Å². The summed E-state index contributed by atoms with van der Waals surface area (Å²) in [6.45, 7) is -0.531. The van der Waals surface area contributed by atoms with Gasteiger partial charge in [-0.25, -0.2) is 4.39 Å².